The number of rotatable bonds is 7. The number of isothiocyanates is 1. The largest absolute Gasteiger partial charge is 0.195 e. The van der Waals surface area contributed by atoms with Crippen molar-refractivity contribution in [1.82, 2.24) is 0 Å². The third kappa shape index (κ3) is 5.73. The molecule has 1 nitrogen and oxygen atoms in total. The maximum atomic E-state index is 4.62. The van der Waals surface area contributed by atoms with Gasteiger partial charge in [-0.05, 0) is 54.6 Å². The zero-order valence-electron chi connectivity index (χ0n) is 13.2. The fourth-order valence-corrected chi connectivity index (χ4v) is 3.57. The molecule has 1 aliphatic carbocycles. The highest BCUT2D eigenvalue weighted by Crippen LogP contribution is 2.34. The molecule has 0 aliphatic heterocycles. The molecule has 0 unspecified atom stereocenters. The second kappa shape index (κ2) is 9.12. The average Bonchev–Trinajstić information content (AvgIpc) is 2.53. The van der Waals surface area contributed by atoms with E-state index in [2.05, 4.69) is 41.4 Å². The zero-order chi connectivity index (χ0) is 14.9. The van der Waals surface area contributed by atoms with Crippen molar-refractivity contribution in [3.05, 3.63) is 29.8 Å². The number of nitrogens with zero attached hydrogens (tertiary/aromatic N) is 1. The maximum absolute atomic E-state index is 4.62. The van der Waals surface area contributed by atoms with Crippen LogP contribution in [0.25, 0.3) is 0 Å². The number of aryl methyl sites for hydroxylation is 1. The lowest BCUT2D eigenvalue weighted by Crippen LogP contribution is -2.15. The Morgan fingerprint density at radius 2 is 1.67 bits per heavy atom. The van der Waals surface area contributed by atoms with E-state index in [4.69, 9.17) is 0 Å². The van der Waals surface area contributed by atoms with Gasteiger partial charge in [0.15, 0.2) is 0 Å². The van der Waals surface area contributed by atoms with E-state index in [1.165, 1.54) is 63.4 Å². The summed E-state index contributed by atoms with van der Waals surface area (Å²) in [6.07, 6.45) is 12.6. The van der Waals surface area contributed by atoms with Crippen LogP contribution in [0.4, 0.5) is 5.69 Å². The van der Waals surface area contributed by atoms with E-state index in [0.717, 1.165) is 17.5 Å². The Balaban J connectivity index is 1.70. The van der Waals surface area contributed by atoms with Crippen molar-refractivity contribution in [3.8, 4) is 0 Å². The summed E-state index contributed by atoms with van der Waals surface area (Å²) in [6, 6.07) is 8.43. The molecule has 0 aromatic heterocycles. The van der Waals surface area contributed by atoms with Crippen molar-refractivity contribution < 1.29 is 0 Å². The van der Waals surface area contributed by atoms with Crippen LogP contribution in [0.2, 0.25) is 0 Å². The van der Waals surface area contributed by atoms with Crippen LogP contribution in [0.15, 0.2) is 29.3 Å². The van der Waals surface area contributed by atoms with Gasteiger partial charge in [-0.25, -0.2) is 0 Å². The molecule has 0 N–H and O–H groups in total. The third-order valence-electron chi connectivity index (χ3n) is 4.88. The molecule has 0 atom stereocenters. The van der Waals surface area contributed by atoms with Crippen LogP contribution in [0, 0.1) is 11.8 Å². The van der Waals surface area contributed by atoms with Gasteiger partial charge < -0.3 is 0 Å². The lowest BCUT2D eigenvalue weighted by Gasteiger charge is -2.28. The Hall–Kier alpha value is -0.980. The molecule has 2 heteroatoms. The molecule has 0 heterocycles. The summed E-state index contributed by atoms with van der Waals surface area (Å²) in [7, 11) is 0. The van der Waals surface area contributed by atoms with Gasteiger partial charge >= 0.3 is 0 Å². The van der Waals surface area contributed by atoms with Gasteiger partial charge in [-0.1, -0.05) is 64.0 Å². The van der Waals surface area contributed by atoms with Gasteiger partial charge in [0.1, 0.15) is 0 Å². The monoisotopic (exact) mass is 301 g/mol. The van der Waals surface area contributed by atoms with Crippen molar-refractivity contribution in [1.29, 1.82) is 0 Å². The highest BCUT2D eigenvalue weighted by Gasteiger charge is 2.20. The molecule has 1 aliphatic rings. The minimum absolute atomic E-state index is 0.908. The molecule has 1 aromatic carbocycles. The normalized spacial score (nSPS) is 21.8. The molecular weight excluding hydrogens is 274 g/mol. The maximum Gasteiger partial charge on any atom is 0.0739 e. The van der Waals surface area contributed by atoms with Crippen molar-refractivity contribution in [2.24, 2.45) is 16.8 Å². The summed E-state index contributed by atoms with van der Waals surface area (Å²) in [4.78, 5) is 4.00. The highest BCUT2D eigenvalue weighted by molar-refractivity contribution is 7.78. The van der Waals surface area contributed by atoms with E-state index in [0.29, 0.717) is 0 Å². The lowest BCUT2D eigenvalue weighted by atomic mass is 9.78. The first-order chi connectivity index (χ1) is 10.3. The summed E-state index contributed by atoms with van der Waals surface area (Å²) < 4.78 is 0. The van der Waals surface area contributed by atoms with Crippen LogP contribution in [0.5, 0.6) is 0 Å². The van der Waals surface area contributed by atoms with Crippen molar-refractivity contribution in [2.75, 3.05) is 0 Å². The van der Waals surface area contributed by atoms with E-state index in [1.807, 2.05) is 12.1 Å². The van der Waals surface area contributed by atoms with Crippen molar-refractivity contribution >= 4 is 23.1 Å². The van der Waals surface area contributed by atoms with Gasteiger partial charge in [0.2, 0.25) is 0 Å². The number of hydrogen-bond donors (Lipinski definition) is 0. The molecule has 1 fully saturated rings. The van der Waals surface area contributed by atoms with Crippen molar-refractivity contribution in [2.45, 2.75) is 64.7 Å². The van der Waals surface area contributed by atoms with Crippen LogP contribution in [-0.2, 0) is 6.42 Å². The van der Waals surface area contributed by atoms with Gasteiger partial charge in [-0.3, -0.25) is 0 Å². The fourth-order valence-electron chi connectivity index (χ4n) is 3.46. The van der Waals surface area contributed by atoms with Crippen LogP contribution in [0.1, 0.15) is 63.9 Å². The molecule has 0 saturated heterocycles. The third-order valence-corrected chi connectivity index (χ3v) is 4.98. The summed E-state index contributed by atoms with van der Waals surface area (Å²) in [5.41, 5.74) is 2.33. The Morgan fingerprint density at radius 1 is 1.05 bits per heavy atom. The zero-order valence-corrected chi connectivity index (χ0v) is 14.0. The predicted molar refractivity (Wildman–Crippen MR) is 94.4 cm³/mol. The highest BCUT2D eigenvalue weighted by atomic mass is 32.1. The Morgan fingerprint density at radius 3 is 2.24 bits per heavy atom. The van der Waals surface area contributed by atoms with Gasteiger partial charge in [0.25, 0.3) is 0 Å². The number of hydrogen-bond acceptors (Lipinski definition) is 2. The summed E-state index contributed by atoms with van der Waals surface area (Å²) in [5.74, 6) is 1.97. The number of benzene rings is 1. The molecule has 0 amide bonds. The molecular formula is C19H27NS. The van der Waals surface area contributed by atoms with Gasteiger partial charge in [-0.2, -0.15) is 4.99 Å². The van der Waals surface area contributed by atoms with Crippen LogP contribution >= 0.6 is 12.2 Å². The smallest absolute Gasteiger partial charge is 0.0739 e. The van der Waals surface area contributed by atoms with Crippen LogP contribution < -0.4 is 0 Å². The fraction of sp³-hybridized carbons (Fsp3) is 0.632. The quantitative estimate of drug-likeness (QED) is 0.422. The Bertz CT molecular complexity index is 451. The molecule has 21 heavy (non-hydrogen) atoms. The molecule has 1 aromatic rings. The first-order valence-corrected chi connectivity index (χ1v) is 8.89. The lowest BCUT2D eigenvalue weighted by molar-refractivity contribution is 0.250. The molecule has 0 spiro atoms. The van der Waals surface area contributed by atoms with E-state index in [1.54, 1.807) is 0 Å². The minimum Gasteiger partial charge on any atom is -0.195 e. The molecule has 0 bridgehead atoms. The van der Waals surface area contributed by atoms with Crippen LogP contribution in [0.3, 0.4) is 0 Å². The van der Waals surface area contributed by atoms with Crippen LogP contribution in [-0.4, -0.2) is 5.16 Å². The van der Waals surface area contributed by atoms with Gasteiger partial charge in [-0.15, -0.1) is 0 Å². The SMILES string of the molecule is CCCC[C@H]1CC[C@H](CCc2ccc(N=C=S)cc2)CC1. The van der Waals surface area contributed by atoms with E-state index in [-0.39, 0.29) is 0 Å². The molecule has 1 saturated carbocycles. The second-order valence-electron chi connectivity index (χ2n) is 6.44. The summed E-state index contributed by atoms with van der Waals surface area (Å²) >= 11 is 4.62. The van der Waals surface area contributed by atoms with Gasteiger partial charge in [0, 0.05) is 0 Å². The minimum atomic E-state index is 0.908. The standard InChI is InChI=1S/C19H27NS/c1-2-3-4-16-5-7-17(8-6-16)9-10-18-11-13-19(14-12-18)20-15-21/h11-14,16-17H,2-10H2,1H3/t16-,17-. The number of unbranched alkanes of at least 4 members (excludes halogenated alkanes) is 1. The molecule has 114 valence electrons. The number of thiocarbonyl (C=S) groups is 1. The Labute approximate surface area is 134 Å². The number of aliphatic imine (C=N–C) groups is 1. The topological polar surface area (TPSA) is 12.4 Å². The van der Waals surface area contributed by atoms with Crippen molar-refractivity contribution in [3.63, 3.8) is 0 Å². The average molecular weight is 301 g/mol. The predicted octanol–water partition coefficient (Wildman–Crippen LogP) is 6.35. The second-order valence-corrected chi connectivity index (χ2v) is 6.62. The first kappa shape index (κ1) is 16.4. The Kier molecular flexibility index (Phi) is 7.12. The molecule has 0 radical (unpaired) electrons. The van der Waals surface area contributed by atoms with E-state index >= 15 is 0 Å². The van der Waals surface area contributed by atoms with E-state index in [9.17, 15) is 0 Å². The first-order valence-electron chi connectivity index (χ1n) is 8.48. The summed E-state index contributed by atoms with van der Waals surface area (Å²) in [5, 5.41) is 2.41. The van der Waals surface area contributed by atoms with Gasteiger partial charge in [0.05, 0.1) is 10.8 Å². The molecule has 2 rings (SSSR count). The summed E-state index contributed by atoms with van der Waals surface area (Å²) in [6.45, 7) is 2.30. The van der Waals surface area contributed by atoms with E-state index < -0.39 is 0 Å².